The number of hydrogen-bond donors (Lipinski definition) is 2. The molecule has 8 nitrogen and oxygen atoms in total. The molecule has 0 spiro atoms. The number of nitrogens with two attached hydrogens (primary N) is 1. The summed E-state index contributed by atoms with van der Waals surface area (Å²) in [6.07, 6.45) is 2.88. The summed E-state index contributed by atoms with van der Waals surface area (Å²) >= 11 is 0. The number of para-hydroxylation sites is 1. The van der Waals surface area contributed by atoms with E-state index in [9.17, 15) is 14.4 Å². The van der Waals surface area contributed by atoms with Crippen LogP contribution in [0.3, 0.4) is 0 Å². The molecule has 1 aliphatic rings. The van der Waals surface area contributed by atoms with Gasteiger partial charge in [0.2, 0.25) is 11.8 Å². The molecule has 1 fully saturated rings. The number of primary amides is 1. The third-order valence-electron chi connectivity index (χ3n) is 5.24. The summed E-state index contributed by atoms with van der Waals surface area (Å²) in [5.41, 5.74) is 6.32. The molecule has 0 unspecified atom stereocenters. The molecule has 1 aromatic carbocycles. The fourth-order valence-corrected chi connectivity index (χ4v) is 3.44. The first kappa shape index (κ1) is 20.6. The number of likely N-dealkylation sites (N-methyl/N-ethyl adjacent to an activating group) is 1. The number of nitrogens with one attached hydrogen (secondary N) is 1. The van der Waals surface area contributed by atoms with Gasteiger partial charge in [-0.05, 0) is 50.2 Å². The molecular formula is C21H26N4O4. The van der Waals surface area contributed by atoms with E-state index in [1.807, 2.05) is 4.90 Å². The molecule has 0 atom stereocenters. The Morgan fingerprint density at radius 2 is 1.90 bits per heavy atom. The summed E-state index contributed by atoms with van der Waals surface area (Å²) in [5, 5.41) is 2.81. The maximum atomic E-state index is 12.8. The fraction of sp³-hybridized carbons (Fsp3) is 0.381. The van der Waals surface area contributed by atoms with Crippen LogP contribution in [-0.4, -0.2) is 49.3 Å². The van der Waals surface area contributed by atoms with Crippen molar-refractivity contribution >= 4 is 23.4 Å². The van der Waals surface area contributed by atoms with Crippen LogP contribution in [0, 0.1) is 5.92 Å². The van der Waals surface area contributed by atoms with Crippen molar-refractivity contribution in [3.8, 4) is 0 Å². The normalized spacial score (nSPS) is 15.1. The Hall–Kier alpha value is -3.13. The minimum atomic E-state index is -0.279. The zero-order valence-corrected chi connectivity index (χ0v) is 16.5. The molecule has 154 valence electrons. The molecule has 0 radical (unpaired) electrons. The summed E-state index contributed by atoms with van der Waals surface area (Å²) in [7, 11) is 1.66. The van der Waals surface area contributed by atoms with Gasteiger partial charge in [-0.25, -0.2) is 0 Å². The number of rotatable bonds is 7. The lowest BCUT2D eigenvalue weighted by Crippen LogP contribution is -2.44. The number of benzene rings is 1. The molecule has 3 N–H and O–H groups in total. The number of carbonyl (C=O) groups excluding carboxylic acids is 3. The molecule has 8 heteroatoms. The number of furan rings is 1. The maximum absolute atomic E-state index is 12.8. The molecule has 0 aliphatic carbocycles. The Morgan fingerprint density at radius 3 is 2.55 bits per heavy atom. The van der Waals surface area contributed by atoms with E-state index < -0.39 is 0 Å². The smallest absolute Gasteiger partial charge is 0.253 e. The number of anilines is 1. The van der Waals surface area contributed by atoms with Gasteiger partial charge in [-0.2, -0.15) is 0 Å². The van der Waals surface area contributed by atoms with E-state index in [1.165, 1.54) is 4.90 Å². The molecule has 1 aliphatic heterocycles. The third-order valence-corrected chi connectivity index (χ3v) is 5.24. The van der Waals surface area contributed by atoms with E-state index in [2.05, 4.69) is 5.32 Å². The second-order valence-corrected chi connectivity index (χ2v) is 7.18. The third kappa shape index (κ3) is 5.23. The Bertz CT molecular complexity index is 857. The quantitative estimate of drug-likeness (QED) is 0.732. The highest BCUT2D eigenvalue weighted by Crippen LogP contribution is 2.21. The number of hydrogen-bond acceptors (Lipinski definition) is 5. The van der Waals surface area contributed by atoms with Crippen molar-refractivity contribution < 1.29 is 18.8 Å². The highest BCUT2D eigenvalue weighted by molar-refractivity contribution is 6.05. The average Bonchev–Trinajstić information content (AvgIpc) is 3.25. The molecule has 1 saturated heterocycles. The molecule has 1 aromatic heterocycles. The topological polar surface area (TPSA) is 109 Å². The predicted molar refractivity (Wildman–Crippen MR) is 108 cm³/mol. The molecular weight excluding hydrogens is 372 g/mol. The van der Waals surface area contributed by atoms with Crippen molar-refractivity contribution in [3.05, 3.63) is 54.0 Å². The standard InChI is InChI=1S/C21H26N4O4/c1-24(19(26)14-25-10-8-15(9-11-25)20(22)27)18-7-3-2-6-17(18)21(28)23-13-16-5-4-12-29-16/h2-7,12,15H,8-11,13-14H2,1H3,(H2,22,27)(H,23,28). The predicted octanol–water partition coefficient (Wildman–Crippen LogP) is 1.37. The van der Waals surface area contributed by atoms with Crippen molar-refractivity contribution in [2.24, 2.45) is 11.7 Å². The van der Waals surface area contributed by atoms with Crippen molar-refractivity contribution in [1.82, 2.24) is 10.2 Å². The average molecular weight is 398 g/mol. The van der Waals surface area contributed by atoms with E-state index >= 15 is 0 Å². The van der Waals surface area contributed by atoms with Crippen LogP contribution < -0.4 is 16.0 Å². The van der Waals surface area contributed by atoms with Gasteiger partial charge in [-0.1, -0.05) is 12.1 Å². The van der Waals surface area contributed by atoms with Crippen LogP contribution in [0.1, 0.15) is 29.0 Å². The maximum Gasteiger partial charge on any atom is 0.253 e. The minimum absolute atomic E-state index is 0.113. The summed E-state index contributed by atoms with van der Waals surface area (Å²) < 4.78 is 5.23. The van der Waals surface area contributed by atoms with Gasteiger partial charge in [0, 0.05) is 13.0 Å². The SMILES string of the molecule is CN(C(=O)CN1CCC(C(N)=O)CC1)c1ccccc1C(=O)NCc1ccco1. The fourth-order valence-electron chi connectivity index (χ4n) is 3.44. The lowest BCUT2D eigenvalue weighted by Gasteiger charge is -2.31. The zero-order chi connectivity index (χ0) is 20.8. The van der Waals surface area contributed by atoms with Gasteiger partial charge in [0.05, 0.1) is 30.6 Å². The largest absolute Gasteiger partial charge is 0.467 e. The van der Waals surface area contributed by atoms with Crippen molar-refractivity contribution in [2.75, 3.05) is 31.6 Å². The van der Waals surface area contributed by atoms with E-state index in [-0.39, 0.29) is 36.7 Å². The summed E-state index contributed by atoms with van der Waals surface area (Å²) in [4.78, 5) is 40.2. The molecule has 0 saturated carbocycles. The molecule has 2 aromatic rings. The van der Waals surface area contributed by atoms with Crippen molar-refractivity contribution in [2.45, 2.75) is 19.4 Å². The molecule has 2 heterocycles. The number of carbonyl (C=O) groups is 3. The van der Waals surface area contributed by atoms with Crippen LogP contribution in [-0.2, 0) is 16.1 Å². The number of nitrogens with zero attached hydrogens (tertiary/aromatic N) is 2. The Labute approximate surface area is 169 Å². The molecule has 29 heavy (non-hydrogen) atoms. The first-order valence-electron chi connectivity index (χ1n) is 9.63. The second-order valence-electron chi connectivity index (χ2n) is 7.18. The van der Waals surface area contributed by atoms with Crippen LogP contribution in [0.2, 0.25) is 0 Å². The highest BCUT2D eigenvalue weighted by atomic mass is 16.3. The number of likely N-dealkylation sites (tertiary alicyclic amines) is 1. The minimum Gasteiger partial charge on any atom is -0.467 e. The van der Waals surface area contributed by atoms with Gasteiger partial charge in [-0.15, -0.1) is 0 Å². The summed E-state index contributed by atoms with van der Waals surface area (Å²) in [6.45, 7) is 1.80. The van der Waals surface area contributed by atoms with Crippen LogP contribution in [0.4, 0.5) is 5.69 Å². The summed E-state index contributed by atoms with van der Waals surface area (Å²) in [6, 6.07) is 10.5. The number of piperidine rings is 1. The lowest BCUT2D eigenvalue weighted by molar-refractivity contribution is -0.123. The Balaban J connectivity index is 1.61. The van der Waals surface area contributed by atoms with E-state index in [0.717, 1.165) is 0 Å². The van der Waals surface area contributed by atoms with Crippen LogP contribution >= 0.6 is 0 Å². The molecule has 0 bridgehead atoms. The zero-order valence-electron chi connectivity index (χ0n) is 16.5. The van der Waals surface area contributed by atoms with Gasteiger partial charge in [0.25, 0.3) is 5.91 Å². The van der Waals surface area contributed by atoms with Crippen LogP contribution in [0.15, 0.2) is 47.1 Å². The lowest BCUT2D eigenvalue weighted by atomic mass is 9.96. The van der Waals surface area contributed by atoms with E-state index in [4.69, 9.17) is 10.2 Å². The van der Waals surface area contributed by atoms with Crippen LogP contribution in [0.25, 0.3) is 0 Å². The van der Waals surface area contributed by atoms with Gasteiger partial charge < -0.3 is 20.4 Å². The molecule has 3 rings (SSSR count). The highest BCUT2D eigenvalue weighted by Gasteiger charge is 2.26. The monoisotopic (exact) mass is 398 g/mol. The van der Waals surface area contributed by atoms with Gasteiger partial charge in [0.15, 0.2) is 0 Å². The van der Waals surface area contributed by atoms with Crippen molar-refractivity contribution in [1.29, 1.82) is 0 Å². The second kappa shape index (κ2) is 9.38. The van der Waals surface area contributed by atoms with Gasteiger partial charge in [0.1, 0.15) is 5.76 Å². The summed E-state index contributed by atoms with van der Waals surface area (Å²) in [5.74, 6) is -0.132. The Morgan fingerprint density at radius 1 is 1.17 bits per heavy atom. The van der Waals surface area contributed by atoms with Gasteiger partial charge >= 0.3 is 0 Å². The molecule has 3 amide bonds. The first-order chi connectivity index (χ1) is 14.0. The van der Waals surface area contributed by atoms with E-state index in [1.54, 1.807) is 49.7 Å². The van der Waals surface area contributed by atoms with Crippen LogP contribution in [0.5, 0.6) is 0 Å². The van der Waals surface area contributed by atoms with Gasteiger partial charge in [-0.3, -0.25) is 19.3 Å². The van der Waals surface area contributed by atoms with E-state index in [0.29, 0.717) is 42.9 Å². The van der Waals surface area contributed by atoms with Crippen molar-refractivity contribution in [3.63, 3.8) is 0 Å². The Kier molecular flexibility index (Phi) is 6.66. The first-order valence-corrected chi connectivity index (χ1v) is 9.63. The number of amides is 3.